The third-order valence-corrected chi connectivity index (χ3v) is 4.38. The molecule has 2 nitrogen and oxygen atoms in total. The zero-order valence-corrected chi connectivity index (χ0v) is 12.0. The molecule has 1 aliphatic heterocycles. The highest BCUT2D eigenvalue weighted by Crippen LogP contribution is 2.24. The van der Waals surface area contributed by atoms with E-state index >= 15 is 0 Å². The van der Waals surface area contributed by atoms with E-state index in [1.54, 1.807) is 0 Å². The minimum atomic E-state index is 0.696. The Morgan fingerprint density at radius 1 is 1.35 bits per heavy atom. The van der Waals surface area contributed by atoms with E-state index in [2.05, 4.69) is 33.8 Å². The molecule has 17 heavy (non-hydrogen) atoms. The molecule has 1 atom stereocenters. The highest BCUT2D eigenvalue weighted by molar-refractivity contribution is 9.10. The van der Waals surface area contributed by atoms with E-state index in [0.29, 0.717) is 6.04 Å². The van der Waals surface area contributed by atoms with Gasteiger partial charge in [-0.25, -0.2) is 0 Å². The van der Waals surface area contributed by atoms with Crippen LogP contribution in [0.15, 0.2) is 22.7 Å². The van der Waals surface area contributed by atoms with Crippen molar-refractivity contribution < 1.29 is 0 Å². The number of nitrogens with two attached hydrogens (primary N) is 1. The Hall–Kier alpha value is -0.540. The topological polar surface area (TPSA) is 29.3 Å². The number of nitrogens with zero attached hydrogens (tertiary/aromatic N) is 1. The van der Waals surface area contributed by atoms with Gasteiger partial charge in [-0.05, 0) is 44.0 Å². The van der Waals surface area contributed by atoms with Crippen LogP contribution in [-0.4, -0.2) is 17.5 Å². The van der Waals surface area contributed by atoms with Gasteiger partial charge in [0, 0.05) is 22.7 Å². The largest absolute Gasteiger partial charge is 0.399 e. The van der Waals surface area contributed by atoms with Crippen LogP contribution in [0.2, 0.25) is 0 Å². The number of hydrogen-bond donors (Lipinski definition) is 1. The van der Waals surface area contributed by atoms with Crippen molar-refractivity contribution in [1.82, 2.24) is 4.90 Å². The van der Waals surface area contributed by atoms with Crippen molar-refractivity contribution in [2.75, 3.05) is 12.3 Å². The first-order chi connectivity index (χ1) is 8.16. The van der Waals surface area contributed by atoms with Crippen LogP contribution in [0.4, 0.5) is 5.69 Å². The number of hydrogen-bond acceptors (Lipinski definition) is 2. The van der Waals surface area contributed by atoms with Gasteiger partial charge in [0.15, 0.2) is 0 Å². The molecule has 2 rings (SSSR count). The van der Waals surface area contributed by atoms with E-state index < -0.39 is 0 Å². The summed E-state index contributed by atoms with van der Waals surface area (Å²) >= 11 is 3.61. The van der Waals surface area contributed by atoms with E-state index in [9.17, 15) is 0 Å². The van der Waals surface area contributed by atoms with E-state index in [0.717, 1.165) is 16.7 Å². The molecular formula is C14H21BrN2. The van der Waals surface area contributed by atoms with Crippen LogP contribution in [0.5, 0.6) is 0 Å². The lowest BCUT2D eigenvalue weighted by atomic mass is 10.1. The lowest BCUT2D eigenvalue weighted by Gasteiger charge is -2.27. The summed E-state index contributed by atoms with van der Waals surface area (Å²) < 4.78 is 1.13. The average molecular weight is 297 g/mol. The van der Waals surface area contributed by atoms with Crippen molar-refractivity contribution >= 4 is 21.6 Å². The summed E-state index contributed by atoms with van der Waals surface area (Å²) in [5.74, 6) is 0. The fourth-order valence-corrected chi connectivity index (χ4v) is 3.00. The zero-order chi connectivity index (χ0) is 12.3. The van der Waals surface area contributed by atoms with Gasteiger partial charge in [-0.2, -0.15) is 0 Å². The van der Waals surface area contributed by atoms with Crippen LogP contribution in [-0.2, 0) is 6.54 Å². The molecule has 1 aliphatic rings. The molecule has 0 bridgehead atoms. The first-order valence-corrected chi connectivity index (χ1v) is 7.24. The quantitative estimate of drug-likeness (QED) is 0.841. The summed E-state index contributed by atoms with van der Waals surface area (Å²) in [5.41, 5.74) is 7.93. The summed E-state index contributed by atoms with van der Waals surface area (Å²) in [6, 6.07) is 6.82. The van der Waals surface area contributed by atoms with Gasteiger partial charge in [0.05, 0.1) is 0 Å². The molecule has 1 saturated heterocycles. The van der Waals surface area contributed by atoms with Gasteiger partial charge < -0.3 is 5.73 Å². The maximum Gasteiger partial charge on any atom is 0.0325 e. The summed E-state index contributed by atoms with van der Waals surface area (Å²) in [6.07, 6.45) is 5.41. The third kappa shape index (κ3) is 3.46. The Balaban J connectivity index is 2.08. The normalized spacial score (nSPS) is 22.4. The maximum absolute atomic E-state index is 5.77. The molecular weight excluding hydrogens is 276 g/mol. The molecule has 1 aromatic carbocycles. The second-order valence-electron chi connectivity index (χ2n) is 5.02. The molecule has 0 saturated carbocycles. The SMILES string of the molecule is CC1CCCCCN1Cc1ccc(N)cc1Br. The monoisotopic (exact) mass is 296 g/mol. The zero-order valence-electron chi connectivity index (χ0n) is 10.5. The standard InChI is InChI=1S/C14H21BrN2/c1-11-5-3-2-4-8-17(11)10-12-6-7-13(16)9-14(12)15/h6-7,9,11H,2-5,8,10,16H2,1H3. The number of anilines is 1. The van der Waals surface area contributed by atoms with Gasteiger partial charge in [-0.15, -0.1) is 0 Å². The van der Waals surface area contributed by atoms with E-state index in [4.69, 9.17) is 5.73 Å². The van der Waals surface area contributed by atoms with Crippen molar-refractivity contribution in [3.63, 3.8) is 0 Å². The van der Waals surface area contributed by atoms with Crippen LogP contribution >= 0.6 is 15.9 Å². The lowest BCUT2D eigenvalue weighted by Crippen LogP contribution is -2.32. The van der Waals surface area contributed by atoms with E-state index in [-0.39, 0.29) is 0 Å². The summed E-state index contributed by atoms with van der Waals surface area (Å²) in [6.45, 7) is 4.59. The average Bonchev–Trinajstić information content (AvgIpc) is 2.48. The van der Waals surface area contributed by atoms with Gasteiger partial charge >= 0.3 is 0 Å². The molecule has 0 aromatic heterocycles. The smallest absolute Gasteiger partial charge is 0.0325 e. The summed E-state index contributed by atoms with van der Waals surface area (Å²) in [5, 5.41) is 0. The number of rotatable bonds is 2. The highest BCUT2D eigenvalue weighted by Gasteiger charge is 2.17. The number of halogens is 1. The predicted molar refractivity (Wildman–Crippen MR) is 76.9 cm³/mol. The third-order valence-electron chi connectivity index (χ3n) is 3.64. The summed E-state index contributed by atoms with van der Waals surface area (Å²) in [7, 11) is 0. The molecule has 1 unspecified atom stereocenters. The van der Waals surface area contributed by atoms with Crippen molar-refractivity contribution in [3.8, 4) is 0 Å². The maximum atomic E-state index is 5.77. The number of nitrogen functional groups attached to an aromatic ring is 1. The molecule has 94 valence electrons. The molecule has 1 fully saturated rings. The molecule has 2 N–H and O–H groups in total. The van der Waals surface area contributed by atoms with E-state index in [1.165, 1.54) is 37.8 Å². The second-order valence-corrected chi connectivity index (χ2v) is 5.87. The Morgan fingerprint density at radius 3 is 2.94 bits per heavy atom. The molecule has 0 radical (unpaired) electrons. The summed E-state index contributed by atoms with van der Waals surface area (Å²) in [4.78, 5) is 2.59. The minimum absolute atomic E-state index is 0.696. The Morgan fingerprint density at radius 2 is 2.18 bits per heavy atom. The first kappa shape index (κ1) is 12.9. The fraction of sp³-hybridized carbons (Fsp3) is 0.571. The molecule has 0 spiro atoms. The van der Waals surface area contributed by atoms with Gasteiger partial charge in [0.25, 0.3) is 0 Å². The Labute approximate surface area is 112 Å². The second kappa shape index (κ2) is 5.87. The van der Waals surface area contributed by atoms with Crippen molar-refractivity contribution in [2.45, 2.75) is 45.2 Å². The fourth-order valence-electron chi connectivity index (χ4n) is 2.48. The van der Waals surface area contributed by atoms with Gasteiger partial charge in [-0.1, -0.05) is 34.8 Å². The first-order valence-electron chi connectivity index (χ1n) is 6.45. The molecule has 0 aliphatic carbocycles. The molecule has 3 heteroatoms. The Bertz CT molecular complexity index is 378. The lowest BCUT2D eigenvalue weighted by molar-refractivity contribution is 0.204. The van der Waals surface area contributed by atoms with Gasteiger partial charge in [-0.3, -0.25) is 4.90 Å². The molecule has 1 aromatic rings. The van der Waals surface area contributed by atoms with Crippen LogP contribution in [0.3, 0.4) is 0 Å². The van der Waals surface area contributed by atoms with Crippen LogP contribution < -0.4 is 5.73 Å². The number of benzene rings is 1. The van der Waals surface area contributed by atoms with E-state index in [1.807, 2.05) is 12.1 Å². The Kier molecular flexibility index (Phi) is 4.46. The molecule has 1 heterocycles. The van der Waals surface area contributed by atoms with Crippen LogP contribution in [0.25, 0.3) is 0 Å². The van der Waals surface area contributed by atoms with Crippen molar-refractivity contribution in [3.05, 3.63) is 28.2 Å². The number of likely N-dealkylation sites (tertiary alicyclic amines) is 1. The van der Waals surface area contributed by atoms with Gasteiger partial charge in [0.2, 0.25) is 0 Å². The van der Waals surface area contributed by atoms with Crippen LogP contribution in [0.1, 0.15) is 38.2 Å². The van der Waals surface area contributed by atoms with Crippen molar-refractivity contribution in [2.24, 2.45) is 0 Å². The molecule has 0 amide bonds. The van der Waals surface area contributed by atoms with Crippen molar-refractivity contribution in [1.29, 1.82) is 0 Å². The minimum Gasteiger partial charge on any atom is -0.399 e. The van der Waals surface area contributed by atoms with Gasteiger partial charge in [0.1, 0.15) is 0 Å². The van der Waals surface area contributed by atoms with Crippen LogP contribution in [0, 0.1) is 0 Å². The predicted octanol–water partition coefficient (Wildman–Crippen LogP) is 3.80. The highest BCUT2D eigenvalue weighted by atomic mass is 79.9.